The summed E-state index contributed by atoms with van der Waals surface area (Å²) >= 11 is 0. The summed E-state index contributed by atoms with van der Waals surface area (Å²) in [6, 6.07) is 18.5. The fraction of sp³-hybridized carbons (Fsp3) is 0.263. The zero-order valence-electron chi connectivity index (χ0n) is 12.3. The van der Waals surface area contributed by atoms with Gasteiger partial charge in [-0.15, -0.1) is 0 Å². The lowest BCUT2D eigenvalue weighted by Crippen LogP contribution is -2.23. The molecule has 2 aromatic carbocycles. The first-order chi connectivity index (χ1) is 10.3. The first-order valence-corrected chi connectivity index (χ1v) is 7.56. The number of anilines is 1. The zero-order chi connectivity index (χ0) is 14.5. The van der Waals surface area contributed by atoms with Crippen molar-refractivity contribution in [2.45, 2.75) is 25.8 Å². The van der Waals surface area contributed by atoms with Crippen molar-refractivity contribution in [1.82, 2.24) is 0 Å². The van der Waals surface area contributed by atoms with Gasteiger partial charge in [0, 0.05) is 11.7 Å². The van der Waals surface area contributed by atoms with Crippen LogP contribution in [0.5, 0.6) is 11.5 Å². The first kappa shape index (κ1) is 13.7. The molecule has 0 spiro atoms. The minimum absolute atomic E-state index is 0.487. The lowest BCUT2D eigenvalue weighted by molar-refractivity contribution is 0.482. The highest BCUT2D eigenvalue weighted by Crippen LogP contribution is 2.26. The van der Waals surface area contributed by atoms with Crippen molar-refractivity contribution in [3.63, 3.8) is 0 Å². The van der Waals surface area contributed by atoms with Crippen LogP contribution in [0, 0.1) is 5.92 Å². The smallest absolute Gasteiger partial charge is 0.127 e. The third kappa shape index (κ3) is 3.66. The van der Waals surface area contributed by atoms with Crippen LogP contribution in [0.2, 0.25) is 0 Å². The molecule has 0 heterocycles. The molecule has 0 saturated heterocycles. The summed E-state index contributed by atoms with van der Waals surface area (Å²) in [5.74, 6) is 2.44. The van der Waals surface area contributed by atoms with Gasteiger partial charge in [-0.05, 0) is 62.1 Å². The van der Waals surface area contributed by atoms with E-state index in [9.17, 15) is 0 Å². The van der Waals surface area contributed by atoms with E-state index in [1.165, 1.54) is 12.8 Å². The molecule has 1 aliphatic carbocycles. The minimum atomic E-state index is 0.487. The highest BCUT2D eigenvalue weighted by Gasteiger charge is 2.17. The Kier molecular flexibility index (Phi) is 4.25. The van der Waals surface area contributed by atoms with Gasteiger partial charge in [-0.3, -0.25) is 0 Å². The number of para-hydroxylation sites is 1. The van der Waals surface area contributed by atoms with Crippen LogP contribution in [0.1, 0.15) is 19.8 Å². The fourth-order valence-electron chi connectivity index (χ4n) is 2.67. The van der Waals surface area contributed by atoms with Crippen molar-refractivity contribution >= 4 is 5.69 Å². The maximum atomic E-state index is 5.80. The second-order valence-corrected chi connectivity index (χ2v) is 5.58. The molecule has 2 nitrogen and oxygen atoms in total. The van der Waals surface area contributed by atoms with E-state index in [1.807, 2.05) is 42.5 Å². The molecular formula is C19H21NO. The topological polar surface area (TPSA) is 21.3 Å². The van der Waals surface area contributed by atoms with E-state index in [-0.39, 0.29) is 0 Å². The maximum absolute atomic E-state index is 5.80. The van der Waals surface area contributed by atoms with Gasteiger partial charge in [0.2, 0.25) is 0 Å². The Morgan fingerprint density at radius 1 is 0.905 bits per heavy atom. The Morgan fingerprint density at radius 2 is 1.52 bits per heavy atom. The number of allylic oxidation sites excluding steroid dienone is 2. The van der Waals surface area contributed by atoms with Gasteiger partial charge >= 0.3 is 0 Å². The first-order valence-electron chi connectivity index (χ1n) is 7.56. The van der Waals surface area contributed by atoms with Crippen LogP contribution in [0.3, 0.4) is 0 Å². The SMILES string of the molecule is CC(Nc1ccc(Oc2ccccc2)cc1)C1CC=CC1. The Morgan fingerprint density at radius 3 is 2.19 bits per heavy atom. The largest absolute Gasteiger partial charge is 0.457 e. The molecule has 2 heteroatoms. The molecular weight excluding hydrogens is 258 g/mol. The van der Waals surface area contributed by atoms with Crippen molar-refractivity contribution in [3.05, 3.63) is 66.7 Å². The van der Waals surface area contributed by atoms with Crippen LogP contribution in [-0.2, 0) is 0 Å². The normalized spacial score (nSPS) is 15.9. The number of nitrogens with one attached hydrogen (secondary N) is 1. The fourth-order valence-corrected chi connectivity index (χ4v) is 2.67. The molecule has 0 bridgehead atoms. The molecule has 1 atom stereocenters. The van der Waals surface area contributed by atoms with Crippen LogP contribution >= 0.6 is 0 Å². The van der Waals surface area contributed by atoms with Gasteiger partial charge in [0.15, 0.2) is 0 Å². The lowest BCUT2D eigenvalue weighted by Gasteiger charge is -2.21. The van der Waals surface area contributed by atoms with E-state index in [0.717, 1.165) is 17.2 Å². The molecule has 1 unspecified atom stereocenters. The minimum Gasteiger partial charge on any atom is -0.457 e. The summed E-state index contributed by atoms with van der Waals surface area (Å²) in [5.41, 5.74) is 1.15. The molecule has 0 saturated carbocycles. The van der Waals surface area contributed by atoms with Gasteiger partial charge in [-0.1, -0.05) is 30.4 Å². The Bertz CT molecular complexity index is 581. The predicted molar refractivity (Wildman–Crippen MR) is 87.9 cm³/mol. The van der Waals surface area contributed by atoms with Gasteiger partial charge in [0.25, 0.3) is 0 Å². The third-order valence-electron chi connectivity index (χ3n) is 3.98. The Labute approximate surface area is 126 Å². The number of hydrogen-bond donors (Lipinski definition) is 1. The summed E-state index contributed by atoms with van der Waals surface area (Å²) < 4.78 is 5.80. The molecule has 2 aromatic rings. The second-order valence-electron chi connectivity index (χ2n) is 5.58. The van der Waals surface area contributed by atoms with Crippen LogP contribution < -0.4 is 10.1 Å². The standard InChI is InChI=1S/C19H21NO/c1-15(16-7-5-6-8-16)20-17-11-13-19(14-12-17)21-18-9-3-2-4-10-18/h2-6,9-16,20H,7-8H2,1H3. The molecule has 1 N–H and O–H groups in total. The Hall–Kier alpha value is -2.22. The third-order valence-corrected chi connectivity index (χ3v) is 3.98. The van der Waals surface area contributed by atoms with Gasteiger partial charge < -0.3 is 10.1 Å². The van der Waals surface area contributed by atoms with Crippen molar-refractivity contribution in [1.29, 1.82) is 0 Å². The summed E-state index contributed by atoms with van der Waals surface area (Å²) in [6.07, 6.45) is 6.92. The summed E-state index contributed by atoms with van der Waals surface area (Å²) in [7, 11) is 0. The summed E-state index contributed by atoms with van der Waals surface area (Å²) in [5, 5.41) is 3.58. The van der Waals surface area contributed by atoms with Gasteiger partial charge in [0.1, 0.15) is 11.5 Å². The van der Waals surface area contributed by atoms with E-state index in [0.29, 0.717) is 12.0 Å². The molecule has 21 heavy (non-hydrogen) atoms. The molecule has 0 radical (unpaired) electrons. The number of ether oxygens (including phenoxy) is 1. The average Bonchev–Trinajstić information content (AvgIpc) is 3.05. The second kappa shape index (κ2) is 6.49. The van der Waals surface area contributed by atoms with Crippen LogP contribution in [-0.4, -0.2) is 6.04 Å². The van der Waals surface area contributed by atoms with E-state index in [2.05, 4.69) is 36.5 Å². The van der Waals surface area contributed by atoms with Gasteiger partial charge in [-0.25, -0.2) is 0 Å². The molecule has 0 amide bonds. The highest BCUT2D eigenvalue weighted by atomic mass is 16.5. The number of benzene rings is 2. The summed E-state index contributed by atoms with van der Waals surface area (Å²) in [6.45, 7) is 2.26. The van der Waals surface area contributed by atoms with Crippen molar-refractivity contribution in [2.75, 3.05) is 5.32 Å². The van der Waals surface area contributed by atoms with Crippen molar-refractivity contribution in [2.24, 2.45) is 5.92 Å². The molecule has 0 aliphatic heterocycles. The monoisotopic (exact) mass is 279 g/mol. The molecule has 1 aliphatic rings. The van der Waals surface area contributed by atoms with E-state index >= 15 is 0 Å². The quantitative estimate of drug-likeness (QED) is 0.755. The van der Waals surface area contributed by atoms with Gasteiger partial charge in [0.05, 0.1) is 0 Å². The molecule has 108 valence electrons. The molecule has 3 rings (SSSR count). The van der Waals surface area contributed by atoms with Crippen LogP contribution in [0.4, 0.5) is 5.69 Å². The van der Waals surface area contributed by atoms with Gasteiger partial charge in [-0.2, -0.15) is 0 Å². The Balaban J connectivity index is 1.59. The van der Waals surface area contributed by atoms with E-state index < -0.39 is 0 Å². The molecule has 0 fully saturated rings. The number of hydrogen-bond acceptors (Lipinski definition) is 2. The maximum Gasteiger partial charge on any atom is 0.127 e. The average molecular weight is 279 g/mol. The van der Waals surface area contributed by atoms with Crippen LogP contribution in [0.25, 0.3) is 0 Å². The van der Waals surface area contributed by atoms with E-state index in [4.69, 9.17) is 4.74 Å². The van der Waals surface area contributed by atoms with Crippen molar-refractivity contribution in [3.8, 4) is 11.5 Å². The van der Waals surface area contributed by atoms with Crippen LogP contribution in [0.15, 0.2) is 66.7 Å². The highest BCUT2D eigenvalue weighted by molar-refractivity contribution is 5.48. The zero-order valence-corrected chi connectivity index (χ0v) is 12.3. The summed E-state index contributed by atoms with van der Waals surface area (Å²) in [4.78, 5) is 0. The number of rotatable bonds is 5. The predicted octanol–water partition coefficient (Wildman–Crippen LogP) is 5.25. The van der Waals surface area contributed by atoms with Crippen molar-refractivity contribution < 1.29 is 4.74 Å². The lowest BCUT2D eigenvalue weighted by atomic mass is 9.99. The molecule has 0 aromatic heterocycles. The van der Waals surface area contributed by atoms with E-state index in [1.54, 1.807) is 0 Å².